The number of hydrogen-bond acceptors (Lipinski definition) is 5. The Hall–Kier alpha value is -3.22. The highest BCUT2D eigenvalue weighted by atomic mass is 16.5. The summed E-state index contributed by atoms with van der Waals surface area (Å²) in [6, 6.07) is 11.4. The van der Waals surface area contributed by atoms with Gasteiger partial charge in [-0.25, -0.2) is 9.67 Å². The van der Waals surface area contributed by atoms with Gasteiger partial charge in [-0.2, -0.15) is 5.10 Å². The molecule has 1 aromatic carbocycles. The molecule has 7 nitrogen and oxygen atoms in total. The van der Waals surface area contributed by atoms with Crippen molar-refractivity contribution >= 4 is 5.91 Å². The van der Waals surface area contributed by atoms with Crippen LogP contribution in [-0.2, 0) is 6.54 Å². The average molecular weight is 377 g/mol. The maximum Gasteiger partial charge on any atom is 0.258 e. The summed E-state index contributed by atoms with van der Waals surface area (Å²) in [5, 5.41) is 4.69. The maximum atomic E-state index is 13.3. The quantitative estimate of drug-likeness (QED) is 0.698. The molecule has 0 aliphatic carbocycles. The van der Waals surface area contributed by atoms with Gasteiger partial charge in [0, 0.05) is 18.3 Å². The zero-order valence-electron chi connectivity index (χ0n) is 16.2. The standard InChI is InChI=1S/C21H23N5O2/c1-14(2)18-20-23-19(15-7-5-4-6-8-15)24-26(20)12-11-25(18)21(27)16-9-10-22-13-17(16)28-3/h4-10,13-14,18H,11-12H2,1-3H3/t18-/m0/s1. The maximum absolute atomic E-state index is 13.3. The van der Waals surface area contributed by atoms with Crippen LogP contribution in [0.3, 0.4) is 0 Å². The van der Waals surface area contributed by atoms with E-state index in [1.165, 1.54) is 0 Å². The number of amides is 1. The van der Waals surface area contributed by atoms with E-state index < -0.39 is 0 Å². The first-order valence-corrected chi connectivity index (χ1v) is 9.39. The zero-order valence-corrected chi connectivity index (χ0v) is 16.2. The summed E-state index contributed by atoms with van der Waals surface area (Å²) < 4.78 is 7.27. The van der Waals surface area contributed by atoms with E-state index in [1.807, 2.05) is 39.9 Å². The van der Waals surface area contributed by atoms with Crippen molar-refractivity contribution in [2.75, 3.05) is 13.7 Å². The first-order valence-electron chi connectivity index (χ1n) is 9.39. The topological polar surface area (TPSA) is 73.1 Å². The highest BCUT2D eigenvalue weighted by Gasteiger charge is 2.37. The van der Waals surface area contributed by atoms with E-state index in [-0.39, 0.29) is 17.9 Å². The molecule has 1 aliphatic heterocycles. The summed E-state index contributed by atoms with van der Waals surface area (Å²) in [6.07, 6.45) is 3.18. The Morgan fingerprint density at radius 1 is 1.18 bits per heavy atom. The molecular formula is C21H23N5O2. The van der Waals surface area contributed by atoms with Crippen LogP contribution in [0.25, 0.3) is 11.4 Å². The first-order chi connectivity index (χ1) is 13.6. The van der Waals surface area contributed by atoms with Crippen molar-refractivity contribution in [2.45, 2.75) is 26.4 Å². The highest BCUT2D eigenvalue weighted by Crippen LogP contribution is 2.34. The second kappa shape index (κ2) is 7.42. The molecule has 2 aromatic heterocycles. The van der Waals surface area contributed by atoms with Crippen LogP contribution in [0.2, 0.25) is 0 Å². The minimum absolute atomic E-state index is 0.0755. The number of methoxy groups -OCH3 is 1. The molecule has 7 heteroatoms. The van der Waals surface area contributed by atoms with Crippen molar-refractivity contribution < 1.29 is 9.53 Å². The Bertz CT molecular complexity index is 983. The lowest BCUT2D eigenvalue weighted by molar-refractivity contribution is 0.0533. The monoisotopic (exact) mass is 377 g/mol. The van der Waals surface area contributed by atoms with E-state index in [2.05, 4.69) is 23.9 Å². The fourth-order valence-corrected chi connectivity index (χ4v) is 3.69. The fraction of sp³-hybridized carbons (Fsp3) is 0.333. The van der Waals surface area contributed by atoms with E-state index in [4.69, 9.17) is 9.72 Å². The molecule has 144 valence electrons. The van der Waals surface area contributed by atoms with Crippen molar-refractivity contribution in [3.05, 3.63) is 60.2 Å². The van der Waals surface area contributed by atoms with Crippen molar-refractivity contribution in [1.29, 1.82) is 0 Å². The number of aromatic nitrogens is 4. The van der Waals surface area contributed by atoms with Crippen molar-refractivity contribution in [2.24, 2.45) is 5.92 Å². The third kappa shape index (κ3) is 3.13. The number of nitrogens with zero attached hydrogens (tertiary/aromatic N) is 5. The van der Waals surface area contributed by atoms with E-state index in [1.54, 1.807) is 25.6 Å². The van der Waals surface area contributed by atoms with Crippen LogP contribution in [0.5, 0.6) is 5.75 Å². The number of hydrogen-bond donors (Lipinski definition) is 0. The van der Waals surface area contributed by atoms with E-state index >= 15 is 0 Å². The first kappa shape index (κ1) is 18.2. The van der Waals surface area contributed by atoms with Gasteiger partial charge in [0.05, 0.1) is 31.5 Å². The number of ether oxygens (including phenoxy) is 1. The smallest absolute Gasteiger partial charge is 0.258 e. The van der Waals surface area contributed by atoms with Gasteiger partial charge in [0.25, 0.3) is 5.91 Å². The molecule has 0 spiro atoms. The van der Waals surface area contributed by atoms with Crippen LogP contribution >= 0.6 is 0 Å². The third-order valence-corrected chi connectivity index (χ3v) is 5.01. The molecule has 3 aromatic rings. The predicted octanol–water partition coefficient (Wildman–Crippen LogP) is 3.20. The summed E-state index contributed by atoms with van der Waals surface area (Å²) >= 11 is 0. The molecule has 1 aliphatic rings. The van der Waals surface area contributed by atoms with Gasteiger partial charge in [-0.1, -0.05) is 44.2 Å². The van der Waals surface area contributed by atoms with Crippen LogP contribution in [0.15, 0.2) is 48.8 Å². The van der Waals surface area contributed by atoms with Crippen molar-refractivity contribution in [1.82, 2.24) is 24.6 Å². The number of rotatable bonds is 4. The Morgan fingerprint density at radius 3 is 2.68 bits per heavy atom. The highest BCUT2D eigenvalue weighted by molar-refractivity contribution is 5.97. The van der Waals surface area contributed by atoms with Crippen LogP contribution in [0, 0.1) is 5.92 Å². The van der Waals surface area contributed by atoms with Crippen LogP contribution in [0.4, 0.5) is 0 Å². The molecule has 0 bridgehead atoms. The van der Waals surface area contributed by atoms with Gasteiger partial charge in [0.15, 0.2) is 11.6 Å². The molecule has 0 saturated heterocycles. The number of fused-ring (bicyclic) bond motifs is 1. The summed E-state index contributed by atoms with van der Waals surface area (Å²) in [5.41, 5.74) is 1.49. The van der Waals surface area contributed by atoms with Crippen LogP contribution in [-0.4, -0.2) is 44.2 Å². The Kier molecular flexibility index (Phi) is 4.81. The lowest BCUT2D eigenvalue weighted by atomic mass is 9.98. The Balaban J connectivity index is 1.72. The van der Waals surface area contributed by atoms with Crippen LogP contribution < -0.4 is 4.74 Å². The van der Waals surface area contributed by atoms with Gasteiger partial charge >= 0.3 is 0 Å². The normalized spacial score (nSPS) is 16.1. The minimum Gasteiger partial charge on any atom is -0.494 e. The molecule has 0 fully saturated rings. The SMILES string of the molecule is COc1cnccc1C(=O)N1CCn2nc(-c3ccccc3)nc2[C@@H]1C(C)C. The summed E-state index contributed by atoms with van der Waals surface area (Å²) in [6.45, 7) is 5.37. The molecule has 1 atom stereocenters. The summed E-state index contributed by atoms with van der Waals surface area (Å²) in [7, 11) is 1.55. The Labute approximate surface area is 164 Å². The second-order valence-electron chi connectivity index (χ2n) is 7.15. The average Bonchev–Trinajstić information content (AvgIpc) is 3.17. The van der Waals surface area contributed by atoms with Crippen molar-refractivity contribution in [3.8, 4) is 17.1 Å². The third-order valence-electron chi connectivity index (χ3n) is 5.01. The van der Waals surface area contributed by atoms with Gasteiger partial charge in [-0.3, -0.25) is 9.78 Å². The molecule has 0 N–H and O–H groups in total. The Morgan fingerprint density at radius 2 is 1.96 bits per heavy atom. The molecule has 0 radical (unpaired) electrons. The molecule has 4 rings (SSSR count). The number of pyridine rings is 1. The fourth-order valence-electron chi connectivity index (χ4n) is 3.69. The number of carbonyl (C=O) groups excluding carboxylic acids is 1. The molecule has 28 heavy (non-hydrogen) atoms. The molecule has 0 saturated carbocycles. The van der Waals surface area contributed by atoms with Crippen molar-refractivity contribution in [3.63, 3.8) is 0 Å². The molecule has 3 heterocycles. The predicted molar refractivity (Wildman–Crippen MR) is 105 cm³/mol. The van der Waals surface area contributed by atoms with E-state index in [9.17, 15) is 4.79 Å². The lowest BCUT2D eigenvalue weighted by Gasteiger charge is -2.37. The molecular weight excluding hydrogens is 354 g/mol. The largest absolute Gasteiger partial charge is 0.494 e. The number of benzene rings is 1. The van der Waals surface area contributed by atoms with Gasteiger partial charge in [0.1, 0.15) is 5.75 Å². The van der Waals surface area contributed by atoms with Gasteiger partial charge < -0.3 is 9.64 Å². The summed E-state index contributed by atoms with van der Waals surface area (Å²) in [4.78, 5) is 24.1. The molecule has 1 amide bonds. The van der Waals surface area contributed by atoms with Crippen LogP contribution in [0.1, 0.15) is 36.1 Å². The van der Waals surface area contributed by atoms with Gasteiger partial charge in [-0.15, -0.1) is 0 Å². The van der Waals surface area contributed by atoms with Gasteiger partial charge in [0.2, 0.25) is 0 Å². The molecule has 0 unspecified atom stereocenters. The zero-order chi connectivity index (χ0) is 19.7. The number of carbonyl (C=O) groups is 1. The minimum atomic E-state index is -0.163. The lowest BCUT2D eigenvalue weighted by Crippen LogP contribution is -2.44. The summed E-state index contributed by atoms with van der Waals surface area (Å²) in [5.74, 6) is 2.10. The second-order valence-corrected chi connectivity index (χ2v) is 7.15. The van der Waals surface area contributed by atoms with E-state index in [0.29, 0.717) is 30.2 Å². The van der Waals surface area contributed by atoms with E-state index in [0.717, 1.165) is 11.4 Å². The van der Waals surface area contributed by atoms with Gasteiger partial charge in [-0.05, 0) is 12.0 Å².